The van der Waals surface area contributed by atoms with Crippen LogP contribution in [0.1, 0.15) is 24.0 Å². The second kappa shape index (κ2) is 7.36. The summed E-state index contributed by atoms with van der Waals surface area (Å²) in [5.41, 5.74) is 3.18. The number of nitrogens with zero attached hydrogens (tertiary/aromatic N) is 1. The van der Waals surface area contributed by atoms with Crippen LogP contribution >= 0.6 is 0 Å². The van der Waals surface area contributed by atoms with Gasteiger partial charge in [-0.25, -0.2) is 12.7 Å². The van der Waals surface area contributed by atoms with Crippen LogP contribution in [0.3, 0.4) is 0 Å². The van der Waals surface area contributed by atoms with Crippen LogP contribution in [0, 0.1) is 6.92 Å². The number of aryl methyl sites for hydroxylation is 1. The molecule has 0 radical (unpaired) electrons. The molecule has 0 spiro atoms. The van der Waals surface area contributed by atoms with Crippen molar-refractivity contribution in [2.24, 2.45) is 0 Å². The van der Waals surface area contributed by atoms with Gasteiger partial charge in [-0.05, 0) is 43.0 Å². The van der Waals surface area contributed by atoms with E-state index < -0.39 is 10.0 Å². The third-order valence-electron chi connectivity index (χ3n) is 4.43. The van der Waals surface area contributed by atoms with Crippen molar-refractivity contribution in [3.8, 4) is 0 Å². The second-order valence-electron chi connectivity index (χ2n) is 6.43. The summed E-state index contributed by atoms with van der Waals surface area (Å²) in [6, 6.07) is 18.0. The van der Waals surface area contributed by atoms with Crippen molar-refractivity contribution in [2.45, 2.75) is 31.6 Å². The Hall–Kier alpha value is -1.85. The van der Waals surface area contributed by atoms with Gasteiger partial charge in [-0.1, -0.05) is 42.5 Å². The lowest BCUT2D eigenvalue weighted by molar-refractivity contribution is 0.329. The molecule has 1 saturated heterocycles. The van der Waals surface area contributed by atoms with Gasteiger partial charge in [-0.2, -0.15) is 0 Å². The molecule has 1 heterocycles. The van der Waals surface area contributed by atoms with E-state index in [1.807, 2.05) is 36.4 Å². The maximum atomic E-state index is 12.6. The van der Waals surface area contributed by atoms with Gasteiger partial charge < -0.3 is 5.32 Å². The topological polar surface area (TPSA) is 49.4 Å². The highest BCUT2D eigenvalue weighted by atomic mass is 32.2. The lowest BCUT2D eigenvalue weighted by atomic mass is 10.1. The fourth-order valence-corrected chi connectivity index (χ4v) is 4.69. The molecule has 2 aromatic rings. The minimum Gasteiger partial charge on any atom is -0.382 e. The Bertz CT molecular complexity index is 767. The Morgan fingerprint density at radius 3 is 2.42 bits per heavy atom. The molecule has 128 valence electrons. The maximum absolute atomic E-state index is 12.6. The van der Waals surface area contributed by atoms with Crippen LogP contribution in [0.4, 0.5) is 5.69 Å². The van der Waals surface area contributed by atoms with Crippen LogP contribution in [0.5, 0.6) is 0 Å². The fraction of sp³-hybridized carbons (Fsp3) is 0.368. The molecule has 0 aliphatic carbocycles. The van der Waals surface area contributed by atoms with E-state index >= 15 is 0 Å². The van der Waals surface area contributed by atoms with Crippen molar-refractivity contribution < 1.29 is 8.42 Å². The molecule has 24 heavy (non-hydrogen) atoms. The summed E-state index contributed by atoms with van der Waals surface area (Å²) >= 11 is 0. The average molecular weight is 344 g/mol. The third kappa shape index (κ3) is 4.36. The number of nitrogens with one attached hydrogen (secondary N) is 1. The molecule has 5 heteroatoms. The first-order valence-electron chi connectivity index (χ1n) is 8.38. The smallest absolute Gasteiger partial charge is 0.218 e. The third-order valence-corrected chi connectivity index (χ3v) is 6.28. The molecule has 0 bridgehead atoms. The van der Waals surface area contributed by atoms with Gasteiger partial charge in [0.15, 0.2) is 0 Å². The summed E-state index contributed by atoms with van der Waals surface area (Å²) in [7, 11) is -3.23. The summed E-state index contributed by atoms with van der Waals surface area (Å²) in [4.78, 5) is 0. The minimum absolute atomic E-state index is 0.0871. The van der Waals surface area contributed by atoms with E-state index in [2.05, 4.69) is 30.4 Å². The summed E-state index contributed by atoms with van der Waals surface area (Å²) in [5.74, 6) is 0.0871. The number of benzene rings is 2. The number of hydrogen-bond donors (Lipinski definition) is 1. The van der Waals surface area contributed by atoms with Gasteiger partial charge in [0, 0.05) is 24.8 Å². The summed E-state index contributed by atoms with van der Waals surface area (Å²) in [6.45, 7) is 3.24. The van der Waals surface area contributed by atoms with Crippen LogP contribution in [-0.2, 0) is 15.8 Å². The van der Waals surface area contributed by atoms with Crippen molar-refractivity contribution in [2.75, 3.05) is 18.4 Å². The van der Waals surface area contributed by atoms with E-state index in [9.17, 15) is 8.42 Å². The standard InChI is InChI=1S/C19H24N2O2S/c1-16-6-5-9-19(14-16)20-18-10-12-21(13-11-18)24(22,23)15-17-7-3-2-4-8-17/h2-9,14,18,20H,10-13,15H2,1H3. The molecular weight excluding hydrogens is 320 g/mol. The van der Waals surface area contributed by atoms with Gasteiger partial charge >= 0.3 is 0 Å². The van der Waals surface area contributed by atoms with Crippen molar-refractivity contribution >= 4 is 15.7 Å². The Labute approximate surface area is 144 Å². The molecule has 3 rings (SSSR count). The number of hydrogen-bond acceptors (Lipinski definition) is 3. The number of rotatable bonds is 5. The van der Waals surface area contributed by atoms with Crippen LogP contribution < -0.4 is 5.32 Å². The van der Waals surface area contributed by atoms with E-state index in [1.165, 1.54) is 5.56 Å². The molecule has 0 amide bonds. The highest BCUT2D eigenvalue weighted by Crippen LogP contribution is 2.21. The number of piperidine rings is 1. The fourth-order valence-electron chi connectivity index (χ4n) is 3.12. The van der Waals surface area contributed by atoms with Gasteiger partial charge in [0.25, 0.3) is 0 Å². The normalized spacial score (nSPS) is 16.9. The van der Waals surface area contributed by atoms with E-state index in [-0.39, 0.29) is 5.75 Å². The maximum Gasteiger partial charge on any atom is 0.218 e. The highest BCUT2D eigenvalue weighted by Gasteiger charge is 2.28. The molecule has 2 aromatic carbocycles. The molecule has 1 aliphatic heterocycles. The second-order valence-corrected chi connectivity index (χ2v) is 8.40. The van der Waals surface area contributed by atoms with E-state index in [0.717, 1.165) is 24.1 Å². The van der Waals surface area contributed by atoms with Gasteiger partial charge in [0.05, 0.1) is 5.75 Å². The van der Waals surface area contributed by atoms with Gasteiger partial charge in [0.1, 0.15) is 0 Å². The van der Waals surface area contributed by atoms with Crippen LogP contribution in [0.25, 0.3) is 0 Å². The van der Waals surface area contributed by atoms with E-state index in [4.69, 9.17) is 0 Å². The number of anilines is 1. The number of sulfonamides is 1. The quantitative estimate of drug-likeness (QED) is 0.904. The Balaban J connectivity index is 1.56. The average Bonchev–Trinajstić information content (AvgIpc) is 2.56. The van der Waals surface area contributed by atoms with Crippen molar-refractivity contribution in [1.82, 2.24) is 4.31 Å². The predicted molar refractivity (Wildman–Crippen MR) is 98.5 cm³/mol. The van der Waals surface area contributed by atoms with Crippen LogP contribution in [0.2, 0.25) is 0 Å². The first kappa shape index (κ1) is 17.0. The zero-order chi connectivity index (χ0) is 17.0. The van der Waals surface area contributed by atoms with Crippen LogP contribution in [0.15, 0.2) is 54.6 Å². The summed E-state index contributed by atoms with van der Waals surface area (Å²) in [5, 5.41) is 3.52. The largest absolute Gasteiger partial charge is 0.382 e. The van der Waals surface area contributed by atoms with Gasteiger partial charge in [-0.15, -0.1) is 0 Å². The zero-order valence-electron chi connectivity index (χ0n) is 14.0. The molecule has 0 atom stereocenters. The Morgan fingerprint density at radius 1 is 1.04 bits per heavy atom. The highest BCUT2D eigenvalue weighted by molar-refractivity contribution is 7.88. The van der Waals surface area contributed by atoms with Crippen molar-refractivity contribution in [3.63, 3.8) is 0 Å². The predicted octanol–water partition coefficient (Wildman–Crippen LogP) is 3.40. The lowest BCUT2D eigenvalue weighted by Gasteiger charge is -2.32. The molecule has 1 aliphatic rings. The summed E-state index contributed by atoms with van der Waals surface area (Å²) < 4.78 is 26.8. The molecule has 1 N–H and O–H groups in total. The van der Waals surface area contributed by atoms with Gasteiger partial charge in [-0.3, -0.25) is 0 Å². The molecule has 4 nitrogen and oxygen atoms in total. The first-order chi connectivity index (χ1) is 11.5. The molecule has 0 aromatic heterocycles. The molecule has 1 fully saturated rings. The van der Waals surface area contributed by atoms with Crippen LogP contribution in [-0.4, -0.2) is 31.9 Å². The Kier molecular flexibility index (Phi) is 5.21. The van der Waals surface area contributed by atoms with Gasteiger partial charge in [0.2, 0.25) is 10.0 Å². The SMILES string of the molecule is Cc1cccc(NC2CCN(S(=O)(=O)Cc3ccccc3)CC2)c1. The Morgan fingerprint density at radius 2 is 1.75 bits per heavy atom. The molecule has 0 saturated carbocycles. The van der Waals surface area contributed by atoms with E-state index in [0.29, 0.717) is 19.1 Å². The lowest BCUT2D eigenvalue weighted by Crippen LogP contribution is -2.42. The van der Waals surface area contributed by atoms with Crippen molar-refractivity contribution in [1.29, 1.82) is 0 Å². The zero-order valence-corrected chi connectivity index (χ0v) is 14.8. The summed E-state index contributed by atoms with van der Waals surface area (Å²) in [6.07, 6.45) is 1.67. The molecule has 0 unspecified atom stereocenters. The molecular formula is C19H24N2O2S. The minimum atomic E-state index is -3.23. The monoisotopic (exact) mass is 344 g/mol. The van der Waals surface area contributed by atoms with Crippen molar-refractivity contribution in [3.05, 3.63) is 65.7 Å². The van der Waals surface area contributed by atoms with E-state index in [1.54, 1.807) is 4.31 Å². The first-order valence-corrected chi connectivity index (χ1v) is 9.99.